The Hall–Kier alpha value is -1.14. The van der Waals surface area contributed by atoms with Crippen molar-refractivity contribution in [2.24, 2.45) is 0 Å². The molecule has 0 fully saturated rings. The molecule has 0 N–H and O–H groups in total. The minimum atomic E-state index is -4.51. The largest absolute Gasteiger partial charge is 0.496 e. The quantitative estimate of drug-likeness (QED) is 0.772. The minimum Gasteiger partial charge on any atom is -0.496 e. The van der Waals surface area contributed by atoms with Crippen molar-refractivity contribution in [3.05, 3.63) is 28.8 Å². The molecule has 8 heteroatoms. The third-order valence-electron chi connectivity index (χ3n) is 2.40. The van der Waals surface area contributed by atoms with Gasteiger partial charge in [0, 0.05) is 17.4 Å². The van der Waals surface area contributed by atoms with Gasteiger partial charge in [0.15, 0.2) is 0 Å². The molecule has 1 rings (SSSR count). The molecule has 0 aliphatic carbocycles. The van der Waals surface area contributed by atoms with Crippen molar-refractivity contribution in [1.29, 1.82) is 0 Å². The Morgan fingerprint density at radius 1 is 1.40 bits per heavy atom. The van der Waals surface area contributed by atoms with Gasteiger partial charge in [-0.1, -0.05) is 11.6 Å². The molecule has 0 heterocycles. The molecular weight excluding hydrogens is 318 g/mol. The normalized spacial score (nSPS) is 11.3. The van der Waals surface area contributed by atoms with E-state index in [1.165, 1.54) is 25.3 Å². The predicted molar refractivity (Wildman–Crippen MR) is 70.7 cm³/mol. The van der Waals surface area contributed by atoms with Gasteiger partial charge in [0.05, 0.1) is 12.7 Å². The molecule has 112 valence electrons. The molecule has 0 radical (unpaired) electrons. The van der Waals surface area contributed by atoms with Gasteiger partial charge in [-0.05, 0) is 18.2 Å². The number of hydrogen-bond acceptors (Lipinski definition) is 2. The second-order valence-electron chi connectivity index (χ2n) is 3.88. The van der Waals surface area contributed by atoms with E-state index < -0.39 is 18.6 Å². The topological polar surface area (TPSA) is 29.5 Å². The van der Waals surface area contributed by atoms with Gasteiger partial charge in [-0.15, -0.1) is 11.6 Å². The fourth-order valence-electron chi connectivity index (χ4n) is 1.59. The fraction of sp³-hybridized carbons (Fsp3) is 0.417. The number of nitrogens with zero attached hydrogens (tertiary/aromatic N) is 1. The van der Waals surface area contributed by atoms with Crippen LogP contribution in [-0.4, -0.2) is 43.1 Å². The van der Waals surface area contributed by atoms with E-state index in [1.807, 2.05) is 0 Å². The number of rotatable bonds is 5. The summed E-state index contributed by atoms with van der Waals surface area (Å²) in [5.41, 5.74) is -0.0330. The number of alkyl halides is 4. The number of hydrogen-bond donors (Lipinski definition) is 0. The van der Waals surface area contributed by atoms with E-state index in [2.05, 4.69) is 0 Å². The molecule has 20 heavy (non-hydrogen) atoms. The molecule has 1 aromatic carbocycles. The van der Waals surface area contributed by atoms with Crippen LogP contribution < -0.4 is 4.74 Å². The monoisotopic (exact) mass is 329 g/mol. The maximum absolute atomic E-state index is 12.5. The van der Waals surface area contributed by atoms with Gasteiger partial charge in [0.1, 0.15) is 12.3 Å². The van der Waals surface area contributed by atoms with E-state index >= 15 is 0 Å². The highest BCUT2D eigenvalue weighted by molar-refractivity contribution is 6.31. The molecule has 0 aliphatic heterocycles. The summed E-state index contributed by atoms with van der Waals surface area (Å²) in [4.78, 5) is 12.8. The van der Waals surface area contributed by atoms with Crippen molar-refractivity contribution < 1.29 is 22.7 Å². The van der Waals surface area contributed by atoms with E-state index in [-0.39, 0.29) is 28.8 Å². The van der Waals surface area contributed by atoms with Crippen LogP contribution in [0.3, 0.4) is 0 Å². The summed E-state index contributed by atoms with van der Waals surface area (Å²) in [5, 5.41) is 0.229. The molecule has 0 atom stereocenters. The predicted octanol–water partition coefficient (Wildman–Crippen LogP) is 3.59. The summed E-state index contributed by atoms with van der Waals surface area (Å²) in [6, 6.07) is 4.16. The van der Waals surface area contributed by atoms with Crippen molar-refractivity contribution in [1.82, 2.24) is 4.90 Å². The van der Waals surface area contributed by atoms with Crippen LogP contribution in [-0.2, 0) is 0 Å². The lowest BCUT2D eigenvalue weighted by Crippen LogP contribution is -2.40. The summed E-state index contributed by atoms with van der Waals surface area (Å²) < 4.78 is 42.4. The standard InChI is InChI=1S/C12H12Cl2F3NO2/c1-20-10-3-2-8(14)6-9(10)11(19)18(5-4-13)7-12(15,16)17/h2-3,6H,4-5,7H2,1H3. The molecule has 0 saturated heterocycles. The maximum atomic E-state index is 12.5. The summed E-state index contributed by atoms with van der Waals surface area (Å²) in [5.74, 6) is -0.784. The lowest BCUT2D eigenvalue weighted by Gasteiger charge is -2.24. The molecule has 0 spiro atoms. The summed E-state index contributed by atoms with van der Waals surface area (Å²) in [6.45, 7) is -1.61. The Labute approximate surface area is 124 Å². The number of methoxy groups -OCH3 is 1. The molecule has 1 aromatic rings. The molecule has 0 saturated carbocycles. The second kappa shape index (κ2) is 7.04. The molecule has 0 aromatic heterocycles. The highest BCUT2D eigenvalue weighted by Crippen LogP contribution is 2.25. The Balaban J connectivity index is 3.08. The number of benzene rings is 1. The van der Waals surface area contributed by atoms with E-state index in [0.29, 0.717) is 4.90 Å². The van der Waals surface area contributed by atoms with Crippen molar-refractivity contribution in [3.63, 3.8) is 0 Å². The Morgan fingerprint density at radius 3 is 2.55 bits per heavy atom. The molecule has 3 nitrogen and oxygen atoms in total. The Morgan fingerprint density at radius 2 is 2.05 bits per heavy atom. The molecule has 0 bridgehead atoms. The van der Waals surface area contributed by atoms with E-state index in [1.54, 1.807) is 0 Å². The van der Waals surface area contributed by atoms with Gasteiger partial charge in [0.25, 0.3) is 5.91 Å². The Kier molecular flexibility index (Phi) is 5.95. The zero-order chi connectivity index (χ0) is 15.3. The van der Waals surface area contributed by atoms with Crippen LogP contribution >= 0.6 is 23.2 Å². The van der Waals surface area contributed by atoms with Gasteiger partial charge in [0.2, 0.25) is 0 Å². The van der Waals surface area contributed by atoms with Crippen LogP contribution in [0.1, 0.15) is 10.4 Å². The van der Waals surface area contributed by atoms with E-state index in [0.717, 1.165) is 0 Å². The van der Waals surface area contributed by atoms with Gasteiger partial charge in [-0.3, -0.25) is 4.79 Å². The van der Waals surface area contributed by atoms with Crippen molar-refractivity contribution in [2.45, 2.75) is 6.18 Å². The van der Waals surface area contributed by atoms with Crippen LogP contribution in [0.15, 0.2) is 18.2 Å². The van der Waals surface area contributed by atoms with Gasteiger partial charge in [-0.25, -0.2) is 0 Å². The number of amides is 1. The highest BCUT2D eigenvalue weighted by atomic mass is 35.5. The average Bonchev–Trinajstić information content (AvgIpc) is 2.36. The van der Waals surface area contributed by atoms with Gasteiger partial charge < -0.3 is 9.64 Å². The van der Waals surface area contributed by atoms with E-state index in [9.17, 15) is 18.0 Å². The van der Waals surface area contributed by atoms with Crippen LogP contribution in [0.2, 0.25) is 5.02 Å². The number of carbonyl (C=O) groups excluding carboxylic acids is 1. The zero-order valence-electron chi connectivity index (χ0n) is 10.5. The third kappa shape index (κ3) is 4.76. The van der Waals surface area contributed by atoms with Crippen molar-refractivity contribution in [2.75, 3.05) is 26.1 Å². The van der Waals surface area contributed by atoms with Crippen molar-refractivity contribution >= 4 is 29.1 Å². The van der Waals surface area contributed by atoms with Crippen molar-refractivity contribution in [3.8, 4) is 5.75 Å². The highest BCUT2D eigenvalue weighted by Gasteiger charge is 2.33. The third-order valence-corrected chi connectivity index (χ3v) is 2.81. The van der Waals surface area contributed by atoms with Crippen LogP contribution in [0.4, 0.5) is 13.2 Å². The van der Waals surface area contributed by atoms with Gasteiger partial charge in [-0.2, -0.15) is 13.2 Å². The summed E-state index contributed by atoms with van der Waals surface area (Å²) >= 11 is 11.2. The smallest absolute Gasteiger partial charge is 0.406 e. The lowest BCUT2D eigenvalue weighted by atomic mass is 10.1. The number of halogens is 5. The first-order chi connectivity index (χ1) is 9.28. The SMILES string of the molecule is COc1ccc(Cl)cc1C(=O)N(CCCl)CC(F)(F)F. The summed E-state index contributed by atoms with van der Waals surface area (Å²) in [6.07, 6.45) is -4.51. The second-order valence-corrected chi connectivity index (χ2v) is 4.69. The lowest BCUT2D eigenvalue weighted by molar-refractivity contribution is -0.140. The number of ether oxygens (including phenoxy) is 1. The Bertz CT molecular complexity index is 480. The fourth-order valence-corrected chi connectivity index (χ4v) is 1.96. The van der Waals surface area contributed by atoms with Gasteiger partial charge >= 0.3 is 6.18 Å². The number of carbonyl (C=O) groups is 1. The van der Waals surface area contributed by atoms with Crippen LogP contribution in [0, 0.1) is 0 Å². The average molecular weight is 330 g/mol. The zero-order valence-corrected chi connectivity index (χ0v) is 12.0. The first kappa shape index (κ1) is 16.9. The molecular formula is C12H12Cl2F3NO2. The molecule has 0 unspecified atom stereocenters. The summed E-state index contributed by atoms with van der Waals surface area (Å²) in [7, 11) is 1.32. The molecule has 0 aliphatic rings. The van der Waals surface area contributed by atoms with E-state index in [4.69, 9.17) is 27.9 Å². The first-order valence-electron chi connectivity index (χ1n) is 5.54. The van der Waals surface area contributed by atoms with Crippen LogP contribution in [0.25, 0.3) is 0 Å². The maximum Gasteiger partial charge on any atom is 0.406 e. The molecule has 1 amide bonds. The minimum absolute atomic E-state index is 0.0330. The first-order valence-corrected chi connectivity index (χ1v) is 6.45. The van der Waals surface area contributed by atoms with Crippen LogP contribution in [0.5, 0.6) is 5.75 Å².